The summed E-state index contributed by atoms with van der Waals surface area (Å²) in [6, 6.07) is 40.1. The van der Waals surface area contributed by atoms with Crippen molar-refractivity contribution >= 4 is 56.3 Å². The van der Waals surface area contributed by atoms with Crippen LogP contribution in [-0.4, -0.2) is 4.43 Å². The molecule has 0 amide bonds. The highest BCUT2D eigenvalue weighted by Crippen LogP contribution is 2.64. The van der Waals surface area contributed by atoms with Crippen LogP contribution in [0, 0.1) is 0 Å². The number of benzene rings is 4. The van der Waals surface area contributed by atoms with Crippen LogP contribution >= 0.6 is 45.2 Å². The molecule has 0 bridgehead atoms. The highest BCUT2D eigenvalue weighted by atomic mass is 127. The van der Waals surface area contributed by atoms with Crippen LogP contribution < -0.4 is 0 Å². The molecular formula is C31H22I2. The number of hydrogen-bond donors (Lipinski definition) is 0. The molecular weight excluding hydrogens is 626 g/mol. The first kappa shape index (κ1) is 21.4. The monoisotopic (exact) mass is 648 g/mol. The normalized spacial score (nSPS) is 18.7. The summed E-state index contributed by atoms with van der Waals surface area (Å²) in [5.41, 5.74) is 12.3. The molecule has 0 heterocycles. The number of allylic oxidation sites excluding steroid dienone is 2. The summed E-state index contributed by atoms with van der Waals surface area (Å²) in [5.74, 6) is 0. The van der Waals surface area contributed by atoms with Crippen molar-refractivity contribution in [1.82, 2.24) is 0 Å². The molecule has 0 N–H and O–H groups in total. The molecule has 0 aliphatic heterocycles. The van der Waals surface area contributed by atoms with E-state index in [1.54, 1.807) is 0 Å². The van der Waals surface area contributed by atoms with Gasteiger partial charge >= 0.3 is 0 Å². The summed E-state index contributed by atoms with van der Waals surface area (Å²) >= 11 is 5.22. The zero-order chi connectivity index (χ0) is 22.4. The molecule has 2 aliphatic rings. The molecule has 0 aromatic heterocycles. The maximum Gasteiger partial charge on any atom is 0.0746 e. The van der Waals surface area contributed by atoms with Crippen LogP contribution in [0.2, 0.25) is 0 Å². The maximum atomic E-state index is 2.67. The minimum atomic E-state index is -0.227. The van der Waals surface area contributed by atoms with Crippen molar-refractivity contribution in [3.63, 3.8) is 0 Å². The van der Waals surface area contributed by atoms with Crippen molar-refractivity contribution in [2.24, 2.45) is 0 Å². The van der Waals surface area contributed by atoms with E-state index in [4.69, 9.17) is 0 Å². The van der Waals surface area contributed by atoms with E-state index in [2.05, 4.69) is 154 Å². The van der Waals surface area contributed by atoms with Gasteiger partial charge < -0.3 is 0 Å². The van der Waals surface area contributed by atoms with E-state index in [0.717, 1.165) is 10.8 Å². The number of hydrogen-bond acceptors (Lipinski definition) is 0. The van der Waals surface area contributed by atoms with Crippen molar-refractivity contribution in [3.8, 4) is 0 Å². The summed E-state index contributed by atoms with van der Waals surface area (Å²) in [7, 11) is 0. The van der Waals surface area contributed by atoms with E-state index >= 15 is 0 Å². The molecule has 1 spiro atoms. The Morgan fingerprint density at radius 2 is 1.00 bits per heavy atom. The third-order valence-corrected chi connectivity index (χ3v) is 8.86. The fourth-order valence-electron chi connectivity index (χ4n) is 5.78. The summed E-state index contributed by atoms with van der Waals surface area (Å²) in [6.07, 6.45) is 1.06. The van der Waals surface area contributed by atoms with E-state index in [-0.39, 0.29) is 5.41 Å². The average Bonchev–Trinajstić information content (AvgIpc) is 3.31. The lowest BCUT2D eigenvalue weighted by atomic mass is 9.72. The standard InChI is InChI=1S/C31H22I2/c32-20-19-27-28(21-11-3-1-4-12-21)23-15-7-9-17-25(23)31(27)26-18-10-8-16-24(26)29(30(31)33)22-13-5-2-6-14-22/h1-18H,19-20H2/t31-/m0/s1. The van der Waals surface area contributed by atoms with Gasteiger partial charge in [-0.25, -0.2) is 0 Å². The SMILES string of the molecule is ICCC1=C(c2ccccc2)c2ccccc2[C@@]12C(I)=C(c1ccccc1)c1ccccc12. The summed E-state index contributed by atoms with van der Waals surface area (Å²) in [6.45, 7) is 0. The molecule has 1 atom stereocenters. The Morgan fingerprint density at radius 3 is 1.55 bits per heavy atom. The van der Waals surface area contributed by atoms with Crippen LogP contribution in [0.3, 0.4) is 0 Å². The summed E-state index contributed by atoms with van der Waals surface area (Å²) < 4.78 is 2.51. The maximum absolute atomic E-state index is 2.67. The van der Waals surface area contributed by atoms with Gasteiger partial charge in [0.2, 0.25) is 0 Å². The first-order chi connectivity index (χ1) is 16.3. The fraction of sp³-hybridized carbons (Fsp3) is 0.0968. The van der Waals surface area contributed by atoms with Gasteiger partial charge in [0.05, 0.1) is 5.41 Å². The quantitative estimate of drug-likeness (QED) is 0.153. The van der Waals surface area contributed by atoms with Crippen LogP contribution in [-0.2, 0) is 5.41 Å². The van der Waals surface area contributed by atoms with Crippen molar-refractivity contribution in [1.29, 1.82) is 0 Å². The minimum absolute atomic E-state index is 0.227. The lowest BCUT2D eigenvalue weighted by molar-refractivity contribution is 0.754. The van der Waals surface area contributed by atoms with Gasteiger partial charge in [0, 0.05) is 13.6 Å². The highest BCUT2D eigenvalue weighted by Gasteiger charge is 2.53. The Bertz CT molecular complexity index is 1400. The predicted octanol–water partition coefficient (Wildman–Crippen LogP) is 8.82. The molecule has 2 heteroatoms. The number of alkyl halides is 1. The Labute approximate surface area is 222 Å². The molecule has 0 unspecified atom stereocenters. The molecule has 6 rings (SSSR count). The van der Waals surface area contributed by atoms with Gasteiger partial charge in [-0.3, -0.25) is 0 Å². The third-order valence-electron chi connectivity index (χ3n) is 6.97. The second-order valence-corrected chi connectivity index (χ2v) is 10.7. The second kappa shape index (κ2) is 8.55. The van der Waals surface area contributed by atoms with Crippen molar-refractivity contribution < 1.29 is 0 Å². The molecule has 0 saturated carbocycles. The lowest BCUT2D eigenvalue weighted by Gasteiger charge is -2.32. The second-order valence-electron chi connectivity index (χ2n) is 8.55. The van der Waals surface area contributed by atoms with Crippen LogP contribution in [0.5, 0.6) is 0 Å². The zero-order valence-electron chi connectivity index (χ0n) is 18.1. The van der Waals surface area contributed by atoms with E-state index < -0.39 is 0 Å². The highest BCUT2D eigenvalue weighted by molar-refractivity contribution is 14.1. The van der Waals surface area contributed by atoms with Gasteiger partial charge in [0.1, 0.15) is 0 Å². The number of halogens is 2. The molecule has 0 fully saturated rings. The molecule has 160 valence electrons. The van der Waals surface area contributed by atoms with Crippen LogP contribution in [0.15, 0.2) is 118 Å². The number of fused-ring (bicyclic) bond motifs is 4. The topological polar surface area (TPSA) is 0 Å². The van der Waals surface area contributed by atoms with Gasteiger partial charge in [0.25, 0.3) is 0 Å². The molecule has 0 saturated heterocycles. The van der Waals surface area contributed by atoms with E-state index in [9.17, 15) is 0 Å². The molecule has 4 aromatic rings. The first-order valence-corrected chi connectivity index (χ1v) is 13.9. The molecule has 2 aliphatic carbocycles. The molecule has 0 radical (unpaired) electrons. The van der Waals surface area contributed by atoms with Gasteiger partial charge in [-0.2, -0.15) is 0 Å². The Kier molecular flexibility index (Phi) is 5.53. The largest absolute Gasteiger partial charge is 0.0860 e. The van der Waals surface area contributed by atoms with E-state index in [0.29, 0.717) is 0 Å². The summed E-state index contributed by atoms with van der Waals surface area (Å²) in [4.78, 5) is 0. The van der Waals surface area contributed by atoms with Gasteiger partial charge in [0.15, 0.2) is 0 Å². The first-order valence-electron chi connectivity index (χ1n) is 11.3. The van der Waals surface area contributed by atoms with Crippen molar-refractivity contribution in [2.45, 2.75) is 11.8 Å². The molecule has 4 aromatic carbocycles. The Hall–Kier alpha value is -2.18. The molecule has 33 heavy (non-hydrogen) atoms. The van der Waals surface area contributed by atoms with Crippen LogP contribution in [0.1, 0.15) is 39.8 Å². The smallest absolute Gasteiger partial charge is 0.0746 e. The molecule has 0 nitrogen and oxygen atoms in total. The fourth-order valence-corrected chi connectivity index (χ4v) is 7.83. The van der Waals surface area contributed by atoms with Gasteiger partial charge in [-0.15, -0.1) is 0 Å². The average molecular weight is 648 g/mol. The van der Waals surface area contributed by atoms with Crippen molar-refractivity contribution in [3.05, 3.63) is 152 Å². The van der Waals surface area contributed by atoms with Gasteiger partial charge in [-0.05, 0) is 73.5 Å². The minimum Gasteiger partial charge on any atom is -0.0860 e. The summed E-state index contributed by atoms with van der Waals surface area (Å²) in [5, 5.41) is 0. The third kappa shape index (κ3) is 3.06. The van der Waals surface area contributed by atoms with Crippen LogP contribution in [0.25, 0.3) is 11.1 Å². The Morgan fingerprint density at radius 1 is 0.545 bits per heavy atom. The van der Waals surface area contributed by atoms with E-state index in [1.165, 1.54) is 53.7 Å². The lowest BCUT2D eigenvalue weighted by Crippen LogP contribution is -2.27. The van der Waals surface area contributed by atoms with Crippen LogP contribution in [0.4, 0.5) is 0 Å². The predicted molar refractivity (Wildman–Crippen MR) is 156 cm³/mol. The van der Waals surface area contributed by atoms with Crippen molar-refractivity contribution in [2.75, 3.05) is 4.43 Å². The number of rotatable bonds is 4. The van der Waals surface area contributed by atoms with Gasteiger partial charge in [-0.1, -0.05) is 132 Å². The van der Waals surface area contributed by atoms with E-state index in [1.807, 2.05) is 0 Å². The Balaban J connectivity index is 1.78. The zero-order valence-corrected chi connectivity index (χ0v) is 22.4.